The molecule has 2 heterocycles. The zero-order valence-corrected chi connectivity index (χ0v) is 13.8. The van der Waals surface area contributed by atoms with Crippen molar-refractivity contribution in [1.82, 2.24) is 15.8 Å². The molecule has 1 aliphatic heterocycles. The summed E-state index contributed by atoms with van der Waals surface area (Å²) in [4.78, 5) is 37.8. The number of urea groups is 1. The predicted octanol–water partition coefficient (Wildman–Crippen LogP) is 2.80. The van der Waals surface area contributed by atoms with Gasteiger partial charge >= 0.3 is 6.03 Å². The highest BCUT2D eigenvalue weighted by atomic mass is 32.1. The number of hydrogen-bond acceptors (Lipinski definition) is 4. The molecule has 2 N–H and O–H groups in total. The Morgan fingerprint density at radius 1 is 1.17 bits per heavy atom. The number of rotatable bonds is 2. The van der Waals surface area contributed by atoms with Crippen LogP contribution >= 0.6 is 11.3 Å². The molecule has 6 nitrogen and oxygen atoms in total. The summed E-state index contributed by atoms with van der Waals surface area (Å²) in [5.74, 6) is -0.783. The first-order valence-electron chi connectivity index (χ1n) is 8.05. The maximum atomic E-state index is 12.7. The van der Waals surface area contributed by atoms with E-state index < -0.39 is 17.5 Å². The number of carbonyl (C=O) groups excluding carboxylic acids is 3. The first-order valence-corrected chi connectivity index (χ1v) is 8.87. The lowest BCUT2D eigenvalue weighted by atomic mass is 9.82. The largest absolute Gasteiger partial charge is 0.344 e. The number of benzene rings is 1. The van der Waals surface area contributed by atoms with E-state index in [1.807, 2.05) is 24.3 Å². The molecule has 2 aromatic rings. The van der Waals surface area contributed by atoms with Crippen molar-refractivity contribution in [3.63, 3.8) is 0 Å². The summed E-state index contributed by atoms with van der Waals surface area (Å²) in [7, 11) is 0. The van der Waals surface area contributed by atoms with Crippen LogP contribution in [0.1, 0.15) is 41.8 Å². The predicted molar refractivity (Wildman–Crippen MR) is 90.5 cm³/mol. The van der Waals surface area contributed by atoms with Gasteiger partial charge in [0.05, 0.1) is 4.88 Å². The standard InChI is InChI=1S/C17H17N3O3S/c21-14(13-10-11-6-2-3-7-12(11)24-13)19-20-15(22)17(18-16(20)23)8-4-1-5-9-17/h2-3,6-7,10H,1,4-5,8-9H2,(H,18,23)(H,19,21). The van der Waals surface area contributed by atoms with Gasteiger partial charge in [0.25, 0.3) is 11.8 Å². The molecule has 1 saturated heterocycles. The molecule has 1 aromatic carbocycles. The molecule has 0 radical (unpaired) electrons. The van der Waals surface area contributed by atoms with E-state index in [2.05, 4.69) is 10.7 Å². The molecule has 2 aliphatic rings. The van der Waals surface area contributed by atoms with Crippen molar-refractivity contribution in [2.75, 3.05) is 0 Å². The second-order valence-corrected chi connectivity index (χ2v) is 7.39. The van der Waals surface area contributed by atoms with Crippen molar-refractivity contribution in [3.8, 4) is 0 Å². The quantitative estimate of drug-likeness (QED) is 0.823. The van der Waals surface area contributed by atoms with Crippen LogP contribution in [0.25, 0.3) is 10.1 Å². The zero-order chi connectivity index (χ0) is 16.7. The average molecular weight is 343 g/mol. The molecule has 1 aromatic heterocycles. The van der Waals surface area contributed by atoms with E-state index in [1.165, 1.54) is 11.3 Å². The van der Waals surface area contributed by atoms with Crippen LogP contribution in [-0.2, 0) is 4.79 Å². The van der Waals surface area contributed by atoms with Gasteiger partial charge in [0.15, 0.2) is 0 Å². The van der Waals surface area contributed by atoms with E-state index in [0.717, 1.165) is 34.4 Å². The maximum Gasteiger partial charge on any atom is 0.344 e. The van der Waals surface area contributed by atoms with Crippen LogP contribution in [0.2, 0.25) is 0 Å². The fourth-order valence-electron chi connectivity index (χ4n) is 3.47. The molecular formula is C17H17N3O3S. The van der Waals surface area contributed by atoms with Gasteiger partial charge in [0.2, 0.25) is 0 Å². The minimum Gasteiger partial charge on any atom is -0.322 e. The Hall–Kier alpha value is -2.41. The third-order valence-corrected chi connectivity index (χ3v) is 5.85. The van der Waals surface area contributed by atoms with Crippen LogP contribution in [0.15, 0.2) is 30.3 Å². The summed E-state index contributed by atoms with van der Waals surface area (Å²) in [6.45, 7) is 0. The highest BCUT2D eigenvalue weighted by molar-refractivity contribution is 7.20. The van der Waals surface area contributed by atoms with E-state index in [0.29, 0.717) is 17.7 Å². The molecule has 24 heavy (non-hydrogen) atoms. The Morgan fingerprint density at radius 3 is 2.67 bits per heavy atom. The number of carbonyl (C=O) groups is 3. The molecule has 4 amide bonds. The topological polar surface area (TPSA) is 78.5 Å². The molecule has 2 fully saturated rings. The van der Waals surface area contributed by atoms with E-state index in [9.17, 15) is 14.4 Å². The third kappa shape index (κ3) is 2.36. The number of imide groups is 1. The van der Waals surface area contributed by atoms with Crippen molar-refractivity contribution in [2.24, 2.45) is 0 Å². The van der Waals surface area contributed by atoms with Gasteiger partial charge in [0.1, 0.15) is 5.54 Å². The smallest absolute Gasteiger partial charge is 0.322 e. The number of thiophene rings is 1. The fraction of sp³-hybridized carbons (Fsp3) is 0.353. The van der Waals surface area contributed by atoms with Crippen molar-refractivity contribution < 1.29 is 14.4 Å². The number of hydrogen-bond donors (Lipinski definition) is 2. The summed E-state index contributed by atoms with van der Waals surface area (Å²) in [5, 5.41) is 4.59. The lowest BCUT2D eigenvalue weighted by Crippen LogP contribution is -2.50. The summed E-state index contributed by atoms with van der Waals surface area (Å²) in [5.41, 5.74) is 1.64. The molecule has 1 aliphatic carbocycles. The molecule has 1 saturated carbocycles. The summed E-state index contributed by atoms with van der Waals surface area (Å²) in [6.07, 6.45) is 4.15. The number of fused-ring (bicyclic) bond motifs is 1. The average Bonchev–Trinajstić information content (AvgIpc) is 3.11. The number of amides is 4. The normalized spacial score (nSPS) is 19.8. The van der Waals surface area contributed by atoms with Gasteiger partial charge in [0, 0.05) is 4.70 Å². The molecular weight excluding hydrogens is 326 g/mol. The van der Waals surface area contributed by atoms with Gasteiger partial charge in [-0.25, -0.2) is 4.79 Å². The second kappa shape index (κ2) is 5.59. The van der Waals surface area contributed by atoms with Gasteiger partial charge < -0.3 is 5.32 Å². The minimum absolute atomic E-state index is 0.346. The Labute approximate surface area is 142 Å². The molecule has 4 rings (SSSR count). The minimum atomic E-state index is -0.831. The highest BCUT2D eigenvalue weighted by Gasteiger charge is 2.52. The summed E-state index contributed by atoms with van der Waals surface area (Å²) >= 11 is 1.34. The number of hydrazine groups is 1. The highest BCUT2D eigenvalue weighted by Crippen LogP contribution is 2.33. The third-order valence-electron chi connectivity index (χ3n) is 4.73. The Bertz CT molecular complexity index is 805. The van der Waals surface area contributed by atoms with Gasteiger partial charge in [-0.05, 0) is 30.4 Å². The Balaban J connectivity index is 1.55. The van der Waals surface area contributed by atoms with Gasteiger partial charge in [-0.15, -0.1) is 11.3 Å². The maximum absolute atomic E-state index is 12.7. The van der Waals surface area contributed by atoms with Gasteiger partial charge in [-0.1, -0.05) is 37.5 Å². The summed E-state index contributed by atoms with van der Waals surface area (Å²) < 4.78 is 0.989. The molecule has 124 valence electrons. The van der Waals surface area contributed by atoms with E-state index in [-0.39, 0.29) is 5.91 Å². The number of nitrogens with zero attached hydrogens (tertiary/aromatic N) is 1. The SMILES string of the molecule is O=C(NN1C(=O)NC2(CCCCC2)C1=O)c1cc2ccccc2s1. The fourth-order valence-corrected chi connectivity index (χ4v) is 4.42. The molecule has 7 heteroatoms. The van der Waals surface area contributed by atoms with Crippen LogP contribution in [0.5, 0.6) is 0 Å². The Morgan fingerprint density at radius 2 is 1.92 bits per heavy atom. The van der Waals surface area contributed by atoms with Crippen molar-refractivity contribution in [1.29, 1.82) is 0 Å². The van der Waals surface area contributed by atoms with E-state index in [4.69, 9.17) is 0 Å². The van der Waals surface area contributed by atoms with Crippen LogP contribution < -0.4 is 10.7 Å². The monoisotopic (exact) mass is 343 g/mol. The molecule has 0 atom stereocenters. The van der Waals surface area contributed by atoms with Crippen molar-refractivity contribution in [3.05, 3.63) is 35.2 Å². The molecule has 0 bridgehead atoms. The van der Waals surface area contributed by atoms with Crippen LogP contribution in [-0.4, -0.2) is 28.4 Å². The van der Waals surface area contributed by atoms with Crippen LogP contribution in [0.3, 0.4) is 0 Å². The van der Waals surface area contributed by atoms with Crippen molar-refractivity contribution in [2.45, 2.75) is 37.6 Å². The van der Waals surface area contributed by atoms with E-state index in [1.54, 1.807) is 6.07 Å². The lowest BCUT2D eigenvalue weighted by molar-refractivity contribution is -0.134. The summed E-state index contributed by atoms with van der Waals surface area (Å²) in [6, 6.07) is 8.89. The first-order chi connectivity index (χ1) is 11.6. The zero-order valence-electron chi connectivity index (χ0n) is 13.0. The van der Waals surface area contributed by atoms with Gasteiger partial charge in [-0.2, -0.15) is 5.01 Å². The first kappa shape index (κ1) is 15.1. The molecule has 1 spiro atoms. The van der Waals surface area contributed by atoms with Crippen LogP contribution in [0.4, 0.5) is 4.79 Å². The van der Waals surface area contributed by atoms with Crippen LogP contribution in [0, 0.1) is 0 Å². The number of nitrogens with one attached hydrogen (secondary N) is 2. The van der Waals surface area contributed by atoms with Gasteiger partial charge in [-0.3, -0.25) is 15.0 Å². The van der Waals surface area contributed by atoms with E-state index >= 15 is 0 Å². The second-order valence-electron chi connectivity index (χ2n) is 6.30. The lowest BCUT2D eigenvalue weighted by Gasteiger charge is -2.30. The molecule has 0 unspecified atom stereocenters. The van der Waals surface area contributed by atoms with Crippen molar-refractivity contribution >= 4 is 39.3 Å². The Kier molecular flexibility index (Phi) is 3.53.